The van der Waals surface area contributed by atoms with E-state index in [0.29, 0.717) is 0 Å². The highest BCUT2D eigenvalue weighted by Gasteiger charge is 2.44. The third-order valence-corrected chi connectivity index (χ3v) is 5.44. The molecule has 0 spiro atoms. The Labute approximate surface area is 67.2 Å². The highest BCUT2D eigenvalue weighted by molar-refractivity contribution is 7.93. The maximum atomic E-state index is 11.5. The van der Waals surface area contributed by atoms with Crippen LogP contribution in [0.2, 0.25) is 0 Å². The van der Waals surface area contributed by atoms with E-state index in [1.165, 1.54) is 0 Å². The van der Waals surface area contributed by atoms with Gasteiger partial charge in [-0.2, -0.15) is 0 Å². The van der Waals surface area contributed by atoms with Crippen molar-refractivity contribution in [3.8, 4) is 0 Å². The molecule has 2 nitrogen and oxygen atoms in total. The van der Waals surface area contributed by atoms with Crippen molar-refractivity contribution in [3.63, 3.8) is 0 Å². The van der Waals surface area contributed by atoms with E-state index in [4.69, 9.17) is 0 Å². The van der Waals surface area contributed by atoms with E-state index in [1.807, 2.05) is 0 Å². The van der Waals surface area contributed by atoms with E-state index in [2.05, 4.69) is 6.58 Å². The third kappa shape index (κ3) is 0.940. The molecular weight excluding hydrogens is 160 g/mol. The fourth-order valence-electron chi connectivity index (χ4n) is 2.14. The number of sulfone groups is 1. The first-order valence-electron chi connectivity index (χ1n) is 4.00. The molecule has 2 heterocycles. The summed E-state index contributed by atoms with van der Waals surface area (Å²) in [7, 11) is -2.72. The monoisotopic (exact) mass is 172 g/mol. The smallest absolute Gasteiger partial charge is 0.156 e. The predicted octanol–water partition coefficient (Wildman–Crippen LogP) is 1.28. The van der Waals surface area contributed by atoms with Gasteiger partial charge in [0.1, 0.15) is 0 Å². The van der Waals surface area contributed by atoms with E-state index < -0.39 is 9.84 Å². The average Bonchev–Trinajstić information content (AvgIpc) is 2.19. The number of allylic oxidation sites excluding steroid dienone is 1. The zero-order chi connectivity index (χ0) is 8.06. The van der Waals surface area contributed by atoms with Gasteiger partial charge in [0.2, 0.25) is 0 Å². The maximum absolute atomic E-state index is 11.5. The first-order chi connectivity index (χ1) is 5.10. The summed E-state index contributed by atoms with van der Waals surface area (Å²) in [6.45, 7) is 3.86. The topological polar surface area (TPSA) is 34.1 Å². The van der Waals surface area contributed by atoms with Crippen LogP contribution in [0.4, 0.5) is 0 Å². The van der Waals surface area contributed by atoms with Crippen LogP contribution in [0.15, 0.2) is 12.2 Å². The van der Waals surface area contributed by atoms with Gasteiger partial charge in [0.05, 0.1) is 10.5 Å². The molecule has 2 rings (SSSR count). The molecule has 11 heavy (non-hydrogen) atoms. The van der Waals surface area contributed by atoms with E-state index in [9.17, 15) is 8.42 Å². The van der Waals surface area contributed by atoms with Gasteiger partial charge < -0.3 is 0 Å². The minimum atomic E-state index is -2.72. The lowest BCUT2D eigenvalue weighted by atomic mass is 10.1. The van der Waals surface area contributed by atoms with Crippen molar-refractivity contribution in [2.24, 2.45) is 0 Å². The maximum Gasteiger partial charge on any atom is 0.156 e. The first kappa shape index (κ1) is 7.35. The van der Waals surface area contributed by atoms with E-state index >= 15 is 0 Å². The second-order valence-corrected chi connectivity index (χ2v) is 6.08. The minimum absolute atomic E-state index is 0.0752. The third-order valence-electron chi connectivity index (χ3n) is 2.77. The van der Waals surface area contributed by atoms with Crippen LogP contribution < -0.4 is 0 Å². The Morgan fingerprint density at radius 2 is 1.64 bits per heavy atom. The normalized spacial score (nSPS) is 40.9. The second kappa shape index (κ2) is 2.09. The van der Waals surface area contributed by atoms with E-state index in [0.717, 1.165) is 31.3 Å². The average molecular weight is 172 g/mol. The van der Waals surface area contributed by atoms with Crippen LogP contribution in [0, 0.1) is 0 Å². The molecular formula is C8H12O2S. The van der Waals surface area contributed by atoms with Crippen LogP contribution in [0.25, 0.3) is 0 Å². The van der Waals surface area contributed by atoms with Crippen molar-refractivity contribution in [1.29, 1.82) is 0 Å². The van der Waals surface area contributed by atoms with Crippen LogP contribution >= 0.6 is 0 Å². The first-order valence-corrected chi connectivity index (χ1v) is 5.61. The van der Waals surface area contributed by atoms with Crippen LogP contribution in [-0.4, -0.2) is 18.9 Å². The minimum Gasteiger partial charge on any atom is -0.228 e. The zero-order valence-corrected chi connectivity index (χ0v) is 7.23. The molecule has 2 saturated heterocycles. The molecule has 2 atom stereocenters. The summed E-state index contributed by atoms with van der Waals surface area (Å²) in [5.41, 5.74) is 1.13. The SMILES string of the molecule is C=C1CC2CCC(C1)S2(=O)=O. The van der Waals surface area contributed by atoms with Crippen molar-refractivity contribution >= 4 is 9.84 Å². The van der Waals surface area contributed by atoms with Crippen LogP contribution in [0.5, 0.6) is 0 Å². The Balaban J connectivity index is 2.40. The molecule has 2 bridgehead atoms. The summed E-state index contributed by atoms with van der Waals surface area (Å²) in [6, 6.07) is 0. The van der Waals surface area contributed by atoms with Crippen molar-refractivity contribution in [3.05, 3.63) is 12.2 Å². The molecule has 2 fully saturated rings. The Morgan fingerprint density at radius 3 is 2.09 bits per heavy atom. The molecule has 0 radical (unpaired) electrons. The lowest BCUT2D eigenvalue weighted by Crippen LogP contribution is -2.28. The fourth-order valence-corrected chi connectivity index (χ4v) is 4.55. The van der Waals surface area contributed by atoms with Gasteiger partial charge in [-0.05, 0) is 25.7 Å². The Kier molecular flexibility index (Phi) is 1.40. The summed E-state index contributed by atoms with van der Waals surface area (Å²) >= 11 is 0. The number of rotatable bonds is 0. The van der Waals surface area contributed by atoms with Gasteiger partial charge in [-0.1, -0.05) is 12.2 Å². The Hall–Kier alpha value is -0.310. The molecule has 62 valence electrons. The summed E-state index contributed by atoms with van der Waals surface area (Å²) in [6.07, 6.45) is 3.18. The van der Waals surface area contributed by atoms with Crippen LogP contribution in [0.1, 0.15) is 25.7 Å². The number of fused-ring (bicyclic) bond motifs is 2. The van der Waals surface area contributed by atoms with Gasteiger partial charge in [-0.3, -0.25) is 0 Å². The summed E-state index contributed by atoms with van der Waals surface area (Å²) in [5.74, 6) is 0. The molecule has 0 aromatic heterocycles. The molecule has 0 aliphatic carbocycles. The Bertz CT molecular complexity index is 267. The van der Waals surface area contributed by atoms with Gasteiger partial charge in [0, 0.05) is 0 Å². The van der Waals surface area contributed by atoms with Gasteiger partial charge in [-0.15, -0.1) is 0 Å². The lowest BCUT2D eigenvalue weighted by Gasteiger charge is -2.21. The summed E-state index contributed by atoms with van der Waals surface area (Å²) in [5, 5.41) is -0.150. The molecule has 0 aromatic carbocycles. The molecule has 3 heteroatoms. The van der Waals surface area contributed by atoms with Crippen LogP contribution in [0.3, 0.4) is 0 Å². The quantitative estimate of drug-likeness (QED) is 0.516. The summed E-state index contributed by atoms with van der Waals surface area (Å²) in [4.78, 5) is 0. The van der Waals surface area contributed by atoms with Crippen molar-refractivity contribution in [1.82, 2.24) is 0 Å². The van der Waals surface area contributed by atoms with Gasteiger partial charge >= 0.3 is 0 Å². The highest BCUT2D eigenvalue weighted by atomic mass is 32.2. The van der Waals surface area contributed by atoms with Gasteiger partial charge in [0.15, 0.2) is 9.84 Å². The van der Waals surface area contributed by atoms with Crippen LogP contribution in [-0.2, 0) is 9.84 Å². The molecule has 2 unspecified atom stereocenters. The molecule has 0 amide bonds. The van der Waals surface area contributed by atoms with Gasteiger partial charge in [-0.25, -0.2) is 8.42 Å². The lowest BCUT2D eigenvalue weighted by molar-refractivity contribution is 0.570. The predicted molar refractivity (Wildman–Crippen MR) is 44.1 cm³/mol. The van der Waals surface area contributed by atoms with Gasteiger partial charge in [0.25, 0.3) is 0 Å². The summed E-state index contributed by atoms with van der Waals surface area (Å²) < 4.78 is 23.0. The van der Waals surface area contributed by atoms with Crippen molar-refractivity contribution in [2.45, 2.75) is 36.2 Å². The fraction of sp³-hybridized carbons (Fsp3) is 0.750. The molecule has 0 N–H and O–H groups in total. The van der Waals surface area contributed by atoms with E-state index in [1.54, 1.807) is 0 Å². The van der Waals surface area contributed by atoms with E-state index in [-0.39, 0.29) is 10.5 Å². The largest absolute Gasteiger partial charge is 0.228 e. The molecule has 0 aromatic rings. The molecule has 0 saturated carbocycles. The molecule has 2 aliphatic rings. The Morgan fingerprint density at radius 1 is 1.18 bits per heavy atom. The van der Waals surface area contributed by atoms with Crippen molar-refractivity contribution < 1.29 is 8.42 Å². The number of hydrogen-bond donors (Lipinski definition) is 0. The second-order valence-electron chi connectivity index (χ2n) is 3.57. The number of hydrogen-bond acceptors (Lipinski definition) is 2. The molecule has 2 aliphatic heterocycles. The zero-order valence-electron chi connectivity index (χ0n) is 6.41. The standard InChI is InChI=1S/C8H12O2S/c1-6-4-7-2-3-8(5-6)11(7,9)10/h7-8H,1-5H2. The van der Waals surface area contributed by atoms with Crippen molar-refractivity contribution in [2.75, 3.05) is 0 Å². The highest BCUT2D eigenvalue weighted by Crippen LogP contribution is 2.39.